The van der Waals surface area contributed by atoms with Crippen molar-refractivity contribution in [3.05, 3.63) is 70.5 Å². The lowest BCUT2D eigenvalue weighted by Crippen LogP contribution is -2.36. The normalized spacial score (nSPS) is 15.5. The highest BCUT2D eigenvalue weighted by Crippen LogP contribution is 2.26. The van der Waals surface area contributed by atoms with Gasteiger partial charge in [-0.1, -0.05) is 54.9 Å². The van der Waals surface area contributed by atoms with Crippen molar-refractivity contribution < 1.29 is 9.50 Å². The second kappa shape index (κ2) is 7.03. The molecule has 0 bridgehead atoms. The summed E-state index contributed by atoms with van der Waals surface area (Å²) in [4.78, 5) is 0. The second-order valence-electron chi connectivity index (χ2n) is 5.32. The van der Waals surface area contributed by atoms with Crippen LogP contribution < -0.4 is 5.73 Å². The monoisotopic (exact) mass is 307 g/mol. The van der Waals surface area contributed by atoms with E-state index in [1.807, 2.05) is 31.2 Å². The molecule has 2 nitrogen and oxygen atoms in total. The van der Waals surface area contributed by atoms with Crippen molar-refractivity contribution in [3.63, 3.8) is 0 Å². The first-order valence-electron chi connectivity index (χ1n) is 6.92. The lowest BCUT2D eigenvalue weighted by Gasteiger charge is -2.26. The molecule has 2 aromatic rings. The fraction of sp³-hybridized carbons (Fsp3) is 0.294. The third-order valence-corrected chi connectivity index (χ3v) is 4.11. The van der Waals surface area contributed by atoms with E-state index in [0.29, 0.717) is 11.4 Å². The molecule has 4 heteroatoms. The van der Waals surface area contributed by atoms with Crippen molar-refractivity contribution in [1.29, 1.82) is 0 Å². The summed E-state index contributed by atoms with van der Waals surface area (Å²) < 4.78 is 13.7. The molecule has 0 spiro atoms. The van der Waals surface area contributed by atoms with Gasteiger partial charge in [0, 0.05) is 16.6 Å². The van der Waals surface area contributed by atoms with E-state index in [9.17, 15) is 9.50 Å². The highest BCUT2D eigenvalue weighted by molar-refractivity contribution is 6.31. The molecule has 21 heavy (non-hydrogen) atoms. The molecule has 0 aliphatic carbocycles. The van der Waals surface area contributed by atoms with Gasteiger partial charge in [-0.2, -0.15) is 0 Å². The van der Waals surface area contributed by atoms with Gasteiger partial charge in [0.2, 0.25) is 0 Å². The molecule has 0 radical (unpaired) electrons. The maximum absolute atomic E-state index is 13.7. The average molecular weight is 308 g/mol. The maximum Gasteiger partial charge on any atom is 0.129 e. The molecule has 112 valence electrons. The van der Waals surface area contributed by atoms with E-state index in [-0.39, 0.29) is 11.5 Å². The number of halogens is 2. The van der Waals surface area contributed by atoms with Crippen LogP contribution in [0.1, 0.15) is 24.2 Å². The molecule has 0 amide bonds. The molecule has 0 saturated heterocycles. The molecule has 0 aromatic heterocycles. The second-order valence-corrected chi connectivity index (χ2v) is 5.72. The zero-order valence-electron chi connectivity index (χ0n) is 11.8. The Morgan fingerprint density at radius 2 is 1.76 bits per heavy atom. The summed E-state index contributed by atoms with van der Waals surface area (Å²) in [6.45, 7) is 1.93. The van der Waals surface area contributed by atoms with Crippen LogP contribution in [0.2, 0.25) is 5.02 Å². The minimum Gasteiger partial charge on any atom is -0.387 e. The largest absolute Gasteiger partial charge is 0.387 e. The lowest BCUT2D eigenvalue weighted by molar-refractivity contribution is 0.118. The van der Waals surface area contributed by atoms with Crippen molar-refractivity contribution in [2.45, 2.75) is 25.5 Å². The number of nitrogens with two attached hydrogens (primary N) is 1. The summed E-state index contributed by atoms with van der Waals surface area (Å²) in [5.74, 6) is -0.482. The Hall–Kier alpha value is -1.42. The first kappa shape index (κ1) is 16.0. The van der Waals surface area contributed by atoms with Gasteiger partial charge in [0.1, 0.15) is 5.82 Å². The van der Waals surface area contributed by atoms with E-state index in [2.05, 4.69) is 0 Å². The van der Waals surface area contributed by atoms with Crippen LogP contribution in [0.15, 0.2) is 48.5 Å². The predicted octanol–water partition coefficient (Wildman–Crippen LogP) is 3.72. The van der Waals surface area contributed by atoms with Gasteiger partial charge >= 0.3 is 0 Å². The van der Waals surface area contributed by atoms with Gasteiger partial charge in [-0.05, 0) is 30.0 Å². The standard InChI is InChI=1S/C17H19ClFNO/c1-11(10-12-6-2-4-8-14(12)18)16(20)17(21)13-7-3-5-9-15(13)19/h2-9,11,16-17,21H,10,20H2,1H3/t11?,16-,17-/m1/s1. The highest BCUT2D eigenvalue weighted by Gasteiger charge is 2.25. The lowest BCUT2D eigenvalue weighted by atomic mass is 9.88. The molecule has 3 N–H and O–H groups in total. The van der Waals surface area contributed by atoms with E-state index < -0.39 is 18.0 Å². The summed E-state index contributed by atoms with van der Waals surface area (Å²) in [6, 6.07) is 13.1. The van der Waals surface area contributed by atoms with Crippen molar-refractivity contribution in [2.24, 2.45) is 11.7 Å². The third-order valence-electron chi connectivity index (χ3n) is 3.75. The van der Waals surface area contributed by atoms with E-state index in [4.69, 9.17) is 17.3 Å². The number of rotatable bonds is 5. The molecule has 0 saturated carbocycles. The summed E-state index contributed by atoms with van der Waals surface area (Å²) in [6.07, 6.45) is -0.407. The molecular formula is C17H19ClFNO. The van der Waals surface area contributed by atoms with Crippen molar-refractivity contribution >= 4 is 11.6 Å². The van der Waals surface area contributed by atoms with E-state index >= 15 is 0 Å². The van der Waals surface area contributed by atoms with Crippen LogP contribution in [0, 0.1) is 11.7 Å². The van der Waals surface area contributed by atoms with E-state index in [1.165, 1.54) is 6.07 Å². The average Bonchev–Trinajstić information content (AvgIpc) is 2.48. The summed E-state index contributed by atoms with van der Waals surface area (Å²) in [5.41, 5.74) is 7.31. The molecule has 0 fully saturated rings. The Morgan fingerprint density at radius 3 is 2.43 bits per heavy atom. The molecule has 0 aliphatic heterocycles. The molecule has 2 aromatic carbocycles. The zero-order chi connectivity index (χ0) is 15.4. The number of benzene rings is 2. The van der Waals surface area contributed by atoms with Crippen molar-refractivity contribution in [1.82, 2.24) is 0 Å². The topological polar surface area (TPSA) is 46.2 Å². The first-order chi connectivity index (χ1) is 10.0. The molecular weight excluding hydrogens is 289 g/mol. The summed E-state index contributed by atoms with van der Waals surface area (Å²) in [7, 11) is 0. The zero-order valence-corrected chi connectivity index (χ0v) is 12.6. The minimum absolute atomic E-state index is 0.0421. The minimum atomic E-state index is -1.04. The fourth-order valence-electron chi connectivity index (χ4n) is 2.38. The Kier molecular flexibility index (Phi) is 5.34. The number of hydrogen-bond acceptors (Lipinski definition) is 2. The Bertz CT molecular complexity index is 605. The van der Waals surface area contributed by atoms with Crippen molar-refractivity contribution in [2.75, 3.05) is 0 Å². The molecule has 3 atom stereocenters. The van der Waals surface area contributed by atoms with Crippen LogP contribution in [0.25, 0.3) is 0 Å². The van der Waals surface area contributed by atoms with Gasteiger partial charge in [-0.15, -0.1) is 0 Å². The van der Waals surface area contributed by atoms with Crippen LogP contribution in [-0.2, 0) is 6.42 Å². The molecule has 0 heterocycles. The van der Waals surface area contributed by atoms with Crippen LogP contribution in [-0.4, -0.2) is 11.1 Å². The highest BCUT2D eigenvalue weighted by atomic mass is 35.5. The number of aliphatic hydroxyl groups is 1. The van der Waals surface area contributed by atoms with Gasteiger partial charge in [-0.25, -0.2) is 4.39 Å². The van der Waals surface area contributed by atoms with Gasteiger partial charge in [0.05, 0.1) is 6.10 Å². The van der Waals surface area contributed by atoms with Gasteiger partial charge in [0.25, 0.3) is 0 Å². The quantitative estimate of drug-likeness (QED) is 0.884. The Morgan fingerprint density at radius 1 is 1.14 bits per heavy atom. The maximum atomic E-state index is 13.7. The smallest absolute Gasteiger partial charge is 0.129 e. The molecule has 0 aliphatic rings. The summed E-state index contributed by atoms with van der Waals surface area (Å²) in [5, 5.41) is 11.0. The third kappa shape index (κ3) is 3.82. The van der Waals surface area contributed by atoms with Crippen LogP contribution in [0.5, 0.6) is 0 Å². The van der Waals surface area contributed by atoms with Crippen LogP contribution in [0.4, 0.5) is 4.39 Å². The first-order valence-corrected chi connectivity index (χ1v) is 7.30. The predicted molar refractivity (Wildman–Crippen MR) is 83.7 cm³/mol. The van der Waals surface area contributed by atoms with E-state index in [0.717, 1.165) is 5.56 Å². The molecule has 1 unspecified atom stereocenters. The van der Waals surface area contributed by atoms with Gasteiger partial charge < -0.3 is 10.8 Å². The Labute approximate surface area is 129 Å². The van der Waals surface area contributed by atoms with E-state index in [1.54, 1.807) is 18.2 Å². The van der Waals surface area contributed by atoms with Gasteiger partial charge in [0.15, 0.2) is 0 Å². The fourth-order valence-corrected chi connectivity index (χ4v) is 2.59. The van der Waals surface area contributed by atoms with Crippen LogP contribution in [0.3, 0.4) is 0 Å². The summed E-state index contributed by atoms with van der Waals surface area (Å²) >= 11 is 6.13. The molecule has 2 rings (SSSR count). The van der Waals surface area contributed by atoms with Gasteiger partial charge in [-0.3, -0.25) is 0 Å². The Balaban J connectivity index is 2.10. The number of hydrogen-bond donors (Lipinski definition) is 2. The van der Waals surface area contributed by atoms with Crippen molar-refractivity contribution in [3.8, 4) is 0 Å². The van der Waals surface area contributed by atoms with Crippen LogP contribution >= 0.6 is 11.6 Å². The number of aliphatic hydroxyl groups excluding tert-OH is 1. The SMILES string of the molecule is CC(Cc1ccccc1Cl)[C@@H](N)[C@H](O)c1ccccc1F.